The molecule has 3 heterocycles. The molecular formula is C22H28N6O. The Morgan fingerprint density at radius 3 is 2.79 bits per heavy atom. The molecule has 0 aliphatic carbocycles. The number of carbonyl (C=O) groups excluding carboxylic acids is 1. The number of carbonyl (C=O) groups is 1. The molecule has 2 fully saturated rings. The molecule has 2 aliphatic rings. The SMILES string of the molecule is C[C@H]1CN(c2ccc(C#N)c3nccnc23)C[C@H]1NC(=O)C[C@@H]1CCCN(C)C1. The minimum absolute atomic E-state index is 0.117. The predicted octanol–water partition coefficient (Wildman–Crippen LogP) is 2.17. The lowest BCUT2D eigenvalue weighted by Crippen LogP contribution is -2.42. The fourth-order valence-electron chi connectivity index (χ4n) is 4.71. The van der Waals surface area contributed by atoms with E-state index in [9.17, 15) is 10.1 Å². The minimum Gasteiger partial charge on any atom is -0.367 e. The summed E-state index contributed by atoms with van der Waals surface area (Å²) in [4.78, 5) is 26.1. The second kappa shape index (κ2) is 8.34. The Morgan fingerprint density at radius 1 is 1.24 bits per heavy atom. The molecule has 7 heteroatoms. The highest BCUT2D eigenvalue weighted by molar-refractivity contribution is 5.92. The van der Waals surface area contributed by atoms with Gasteiger partial charge in [0, 0.05) is 38.4 Å². The zero-order valence-electron chi connectivity index (χ0n) is 17.1. The summed E-state index contributed by atoms with van der Waals surface area (Å²) in [6, 6.07) is 6.07. The molecule has 152 valence electrons. The van der Waals surface area contributed by atoms with Gasteiger partial charge < -0.3 is 15.1 Å². The molecule has 1 aromatic carbocycles. The van der Waals surface area contributed by atoms with Gasteiger partial charge in [0.2, 0.25) is 5.91 Å². The fraction of sp³-hybridized carbons (Fsp3) is 0.545. The molecule has 29 heavy (non-hydrogen) atoms. The van der Waals surface area contributed by atoms with E-state index in [2.05, 4.69) is 45.1 Å². The molecule has 0 bridgehead atoms. The number of nitrogens with one attached hydrogen (secondary N) is 1. The number of amides is 1. The molecule has 1 N–H and O–H groups in total. The highest BCUT2D eigenvalue weighted by Gasteiger charge is 2.32. The second-order valence-corrected chi connectivity index (χ2v) is 8.53. The van der Waals surface area contributed by atoms with Gasteiger partial charge in [-0.15, -0.1) is 0 Å². The molecule has 4 rings (SSSR count). The number of piperidine rings is 1. The average molecular weight is 393 g/mol. The standard InChI is InChI=1S/C22H28N6O/c1-15-12-28(19-6-5-17(11-23)21-22(19)25-8-7-24-21)14-18(15)26-20(29)10-16-4-3-9-27(2)13-16/h5-8,15-16,18H,3-4,9-10,12-14H2,1-2H3,(H,26,29)/t15-,16-,18+/m0/s1. The summed E-state index contributed by atoms with van der Waals surface area (Å²) in [5, 5.41) is 12.6. The monoisotopic (exact) mass is 392 g/mol. The van der Waals surface area contributed by atoms with Crippen molar-refractivity contribution in [2.24, 2.45) is 11.8 Å². The summed E-state index contributed by atoms with van der Waals surface area (Å²) in [5.74, 6) is 0.961. The average Bonchev–Trinajstić information content (AvgIpc) is 3.07. The number of likely N-dealkylation sites (tertiary alicyclic amines) is 1. The van der Waals surface area contributed by atoms with Crippen molar-refractivity contribution in [2.45, 2.75) is 32.2 Å². The topological polar surface area (TPSA) is 85.1 Å². The van der Waals surface area contributed by atoms with Crippen molar-refractivity contribution in [3.63, 3.8) is 0 Å². The van der Waals surface area contributed by atoms with E-state index in [1.165, 1.54) is 6.42 Å². The summed E-state index contributed by atoms with van der Waals surface area (Å²) in [5.41, 5.74) is 2.89. The quantitative estimate of drug-likeness (QED) is 0.858. The van der Waals surface area contributed by atoms with Crippen molar-refractivity contribution >= 4 is 22.6 Å². The van der Waals surface area contributed by atoms with Crippen molar-refractivity contribution < 1.29 is 4.79 Å². The molecule has 1 aromatic heterocycles. The Balaban J connectivity index is 1.44. The van der Waals surface area contributed by atoms with Crippen LogP contribution in [-0.4, -0.2) is 60.0 Å². The summed E-state index contributed by atoms with van der Waals surface area (Å²) < 4.78 is 0. The van der Waals surface area contributed by atoms with Crippen LogP contribution in [0, 0.1) is 23.2 Å². The molecule has 0 spiro atoms. The van der Waals surface area contributed by atoms with Crippen molar-refractivity contribution in [3.05, 3.63) is 30.1 Å². The predicted molar refractivity (Wildman–Crippen MR) is 112 cm³/mol. The van der Waals surface area contributed by atoms with Crippen molar-refractivity contribution in [1.82, 2.24) is 20.2 Å². The van der Waals surface area contributed by atoms with Gasteiger partial charge in [0.15, 0.2) is 0 Å². The van der Waals surface area contributed by atoms with Gasteiger partial charge in [-0.25, -0.2) is 0 Å². The molecule has 2 aliphatic heterocycles. The highest BCUT2D eigenvalue weighted by Crippen LogP contribution is 2.30. The van der Waals surface area contributed by atoms with Crippen molar-refractivity contribution in [2.75, 3.05) is 38.1 Å². The third-order valence-corrected chi connectivity index (χ3v) is 6.22. The van der Waals surface area contributed by atoms with Crippen LogP contribution in [0.1, 0.15) is 31.7 Å². The second-order valence-electron chi connectivity index (χ2n) is 8.53. The normalized spacial score (nSPS) is 25.1. The number of nitrogens with zero attached hydrogens (tertiary/aromatic N) is 5. The van der Waals surface area contributed by atoms with Crippen LogP contribution < -0.4 is 10.2 Å². The van der Waals surface area contributed by atoms with E-state index in [0.29, 0.717) is 29.3 Å². The molecule has 2 saturated heterocycles. The number of hydrogen-bond donors (Lipinski definition) is 1. The maximum absolute atomic E-state index is 12.7. The summed E-state index contributed by atoms with van der Waals surface area (Å²) >= 11 is 0. The van der Waals surface area contributed by atoms with Gasteiger partial charge in [0.25, 0.3) is 0 Å². The van der Waals surface area contributed by atoms with Gasteiger partial charge in [-0.2, -0.15) is 5.26 Å². The van der Waals surface area contributed by atoms with E-state index >= 15 is 0 Å². The minimum atomic E-state index is 0.117. The van der Waals surface area contributed by atoms with E-state index in [1.54, 1.807) is 12.4 Å². The first-order valence-corrected chi connectivity index (χ1v) is 10.4. The Bertz CT molecular complexity index is 939. The van der Waals surface area contributed by atoms with E-state index < -0.39 is 0 Å². The third-order valence-electron chi connectivity index (χ3n) is 6.22. The van der Waals surface area contributed by atoms with Gasteiger partial charge in [0.1, 0.15) is 17.1 Å². The Labute approximate surface area is 171 Å². The molecule has 7 nitrogen and oxygen atoms in total. The van der Waals surface area contributed by atoms with Gasteiger partial charge in [-0.05, 0) is 50.4 Å². The summed E-state index contributed by atoms with van der Waals surface area (Å²) in [7, 11) is 2.13. The van der Waals surface area contributed by atoms with Gasteiger partial charge >= 0.3 is 0 Å². The Morgan fingerprint density at radius 2 is 2.03 bits per heavy atom. The molecule has 1 amide bonds. The van der Waals surface area contributed by atoms with E-state index in [-0.39, 0.29) is 11.9 Å². The Hall–Kier alpha value is -2.72. The molecule has 3 atom stereocenters. The molecule has 0 saturated carbocycles. The van der Waals surface area contributed by atoms with Gasteiger partial charge in [-0.1, -0.05) is 6.92 Å². The van der Waals surface area contributed by atoms with Crippen LogP contribution in [0.2, 0.25) is 0 Å². The van der Waals surface area contributed by atoms with Crippen LogP contribution in [-0.2, 0) is 4.79 Å². The van der Waals surface area contributed by atoms with Crippen LogP contribution in [0.15, 0.2) is 24.5 Å². The third kappa shape index (κ3) is 4.18. The first-order chi connectivity index (χ1) is 14.0. The summed E-state index contributed by atoms with van der Waals surface area (Å²) in [6.07, 6.45) is 6.20. The number of rotatable bonds is 4. The number of hydrogen-bond acceptors (Lipinski definition) is 6. The van der Waals surface area contributed by atoms with Crippen molar-refractivity contribution in [1.29, 1.82) is 5.26 Å². The lowest BCUT2D eigenvalue weighted by Gasteiger charge is -2.29. The summed E-state index contributed by atoms with van der Waals surface area (Å²) in [6.45, 7) is 5.91. The van der Waals surface area contributed by atoms with Crippen LogP contribution in [0.5, 0.6) is 0 Å². The first-order valence-electron chi connectivity index (χ1n) is 10.4. The van der Waals surface area contributed by atoms with Crippen LogP contribution in [0.3, 0.4) is 0 Å². The zero-order chi connectivity index (χ0) is 20.4. The van der Waals surface area contributed by atoms with Crippen LogP contribution in [0.4, 0.5) is 5.69 Å². The number of anilines is 1. The van der Waals surface area contributed by atoms with Gasteiger partial charge in [-0.3, -0.25) is 14.8 Å². The number of fused-ring (bicyclic) bond motifs is 1. The Kier molecular flexibility index (Phi) is 5.63. The van der Waals surface area contributed by atoms with E-state index in [1.807, 2.05) is 12.1 Å². The fourth-order valence-corrected chi connectivity index (χ4v) is 4.71. The van der Waals surface area contributed by atoms with Crippen molar-refractivity contribution in [3.8, 4) is 6.07 Å². The number of benzene rings is 1. The van der Waals surface area contributed by atoms with Crippen LogP contribution in [0.25, 0.3) is 11.0 Å². The highest BCUT2D eigenvalue weighted by atomic mass is 16.1. The molecular weight excluding hydrogens is 364 g/mol. The number of aromatic nitrogens is 2. The lowest BCUT2D eigenvalue weighted by molar-refractivity contribution is -0.123. The van der Waals surface area contributed by atoms with E-state index in [4.69, 9.17) is 0 Å². The first kappa shape index (κ1) is 19.6. The molecule has 0 radical (unpaired) electrons. The molecule has 0 unspecified atom stereocenters. The molecule has 2 aromatic rings. The maximum atomic E-state index is 12.7. The van der Waals surface area contributed by atoms with Crippen LogP contribution >= 0.6 is 0 Å². The van der Waals surface area contributed by atoms with E-state index in [0.717, 1.165) is 43.8 Å². The maximum Gasteiger partial charge on any atom is 0.220 e. The van der Waals surface area contributed by atoms with Gasteiger partial charge in [0.05, 0.1) is 17.3 Å². The zero-order valence-corrected chi connectivity index (χ0v) is 17.1. The largest absolute Gasteiger partial charge is 0.367 e. The smallest absolute Gasteiger partial charge is 0.220 e. The lowest BCUT2D eigenvalue weighted by atomic mass is 9.94. The number of nitriles is 1.